The van der Waals surface area contributed by atoms with Crippen LogP contribution in [0, 0.1) is 6.92 Å². The maximum absolute atomic E-state index is 13.2. The summed E-state index contributed by atoms with van der Waals surface area (Å²) >= 11 is 0. The first-order valence-corrected chi connectivity index (χ1v) is 18.7. The van der Waals surface area contributed by atoms with Gasteiger partial charge in [-0.2, -0.15) is 4.57 Å². The number of nitrogens with one attached hydrogen (secondary N) is 1. The zero-order valence-electron chi connectivity index (χ0n) is 24.0. The summed E-state index contributed by atoms with van der Waals surface area (Å²) in [5.41, 5.74) is 7.45. The highest BCUT2D eigenvalue weighted by molar-refractivity contribution is 8.37. The molecule has 1 aliphatic rings. The summed E-state index contributed by atoms with van der Waals surface area (Å²) in [7, 11) is 3.34. The first kappa shape index (κ1) is 36.2. The van der Waals surface area contributed by atoms with Gasteiger partial charge in [-0.05, 0) is 38.1 Å². The number of rotatable bonds is 19. The van der Waals surface area contributed by atoms with Gasteiger partial charge in [-0.3, -0.25) is 23.7 Å². The van der Waals surface area contributed by atoms with Gasteiger partial charge in [0.25, 0.3) is 5.56 Å². The molecule has 1 amide bonds. The molecule has 1 aromatic rings. The highest BCUT2D eigenvalue weighted by Gasteiger charge is 2.36. The largest absolute Gasteiger partial charge is 0.390 e. The lowest BCUT2D eigenvalue weighted by atomic mass is 10.1. The maximum Gasteiger partial charge on any atom is 0.340 e. The molecule has 14 nitrogen and oxygen atoms in total. The fourth-order valence-corrected chi connectivity index (χ4v) is 6.06. The number of Topliss-reactive ketones (excluding diaryl/α,β-unsaturated/α-hetero) is 1. The van der Waals surface area contributed by atoms with Crippen LogP contribution in [0.1, 0.15) is 87.7 Å². The number of aryl methyl sites for hydroxylation is 1. The molecule has 0 radical (unpaired) electrons. The number of aromatic nitrogens is 2. The molecule has 0 spiro atoms. The average Bonchev–Trinajstić information content (AvgIpc) is 3.33. The van der Waals surface area contributed by atoms with E-state index in [0.29, 0.717) is 31.9 Å². The quantitative estimate of drug-likeness (QED) is 0.0749. The van der Waals surface area contributed by atoms with E-state index in [2.05, 4.69) is 24.3 Å². The van der Waals surface area contributed by atoms with Crippen LogP contribution >= 0.6 is 25.4 Å². The van der Waals surface area contributed by atoms with Crippen LogP contribution in [0.4, 0.5) is 0 Å². The van der Waals surface area contributed by atoms with Crippen molar-refractivity contribution in [3.8, 4) is 0 Å². The minimum absolute atomic E-state index is 0.0384. The Balaban J connectivity index is 1.95. The number of hydrogen-bond acceptors (Lipinski definition) is 9. The summed E-state index contributed by atoms with van der Waals surface area (Å²) in [6.07, 6.45) is 2.48. The third-order valence-electron chi connectivity index (χ3n) is 6.89. The molecule has 42 heavy (non-hydrogen) atoms. The normalized spacial score (nSPS) is 19.4. The van der Waals surface area contributed by atoms with Gasteiger partial charge in [0, 0.05) is 69.9 Å². The standard InChI is InChI=1S/C25H41N6O8P3/c1-3-18(32)7-5-4-6-12-27-21(34)10-8-17(28-29-26)9-11-22(35)31-24(36)16(2)14-30(25(31)37)23-13-19(33)20(39-23)15-38-41-42-40/h14,17,19-20,23,33,41-42H,3-13,15,40H2,1-2H3,(H,27,34)/t17?,19?,20-,23-/m1/s1. The Hall–Kier alpha value is -2.03. The van der Waals surface area contributed by atoms with Crippen molar-refractivity contribution in [1.29, 1.82) is 0 Å². The second kappa shape index (κ2) is 19.3. The van der Waals surface area contributed by atoms with Crippen molar-refractivity contribution >= 4 is 43.0 Å². The van der Waals surface area contributed by atoms with Crippen LogP contribution in [-0.4, -0.2) is 63.2 Å². The number of aliphatic hydroxyl groups is 1. The molecule has 1 aromatic heterocycles. The zero-order chi connectivity index (χ0) is 31.1. The Kier molecular flexibility index (Phi) is 16.6. The van der Waals surface area contributed by atoms with Crippen molar-refractivity contribution in [2.24, 2.45) is 5.11 Å². The number of amides is 1. The summed E-state index contributed by atoms with van der Waals surface area (Å²) in [4.78, 5) is 65.4. The third kappa shape index (κ3) is 11.6. The number of ether oxygens (including phenoxy) is 1. The van der Waals surface area contributed by atoms with Gasteiger partial charge in [0.05, 0.1) is 12.7 Å². The summed E-state index contributed by atoms with van der Waals surface area (Å²) in [6.45, 7) is 3.94. The van der Waals surface area contributed by atoms with Gasteiger partial charge in [0.15, 0.2) is 0 Å². The SMILES string of the molecule is CCC(=O)CCCCCNC(=O)CCC(CCC(=O)n1c(=O)c(C)cn([C@H]2CC(O)[C@@H](COPPP)O2)c1=O)N=[N+]=[N-]. The number of hydrogen-bond donors (Lipinski definition) is 2. The molecule has 234 valence electrons. The summed E-state index contributed by atoms with van der Waals surface area (Å²) in [5.74, 6) is -0.768. The zero-order valence-corrected chi connectivity index (χ0v) is 27.1. The van der Waals surface area contributed by atoms with E-state index in [4.69, 9.17) is 14.8 Å². The van der Waals surface area contributed by atoms with Crippen molar-refractivity contribution in [2.45, 2.75) is 103 Å². The fourth-order valence-electron chi connectivity index (χ4n) is 4.47. The van der Waals surface area contributed by atoms with Crippen molar-refractivity contribution in [1.82, 2.24) is 14.5 Å². The molecule has 5 unspecified atom stereocenters. The number of nitrogens with zero attached hydrogens (tertiary/aromatic N) is 5. The van der Waals surface area contributed by atoms with E-state index in [1.165, 1.54) is 13.1 Å². The minimum atomic E-state index is -0.888. The van der Waals surface area contributed by atoms with Crippen molar-refractivity contribution in [3.05, 3.63) is 43.0 Å². The molecular weight excluding hydrogens is 605 g/mol. The van der Waals surface area contributed by atoms with Gasteiger partial charge in [0.2, 0.25) is 11.8 Å². The van der Waals surface area contributed by atoms with E-state index in [1.54, 1.807) is 0 Å². The molecule has 0 aliphatic carbocycles. The first-order valence-electron chi connectivity index (χ1n) is 14.0. The van der Waals surface area contributed by atoms with Crippen molar-refractivity contribution in [2.75, 3.05) is 13.2 Å². The smallest absolute Gasteiger partial charge is 0.340 e. The second-order valence-corrected chi connectivity index (χ2v) is 14.9. The van der Waals surface area contributed by atoms with Gasteiger partial charge in [-0.1, -0.05) is 26.4 Å². The Morgan fingerprint density at radius 1 is 1.26 bits per heavy atom. The lowest BCUT2D eigenvalue weighted by Crippen LogP contribution is -2.45. The number of azide groups is 1. The number of aliphatic hydroxyl groups excluding tert-OH is 1. The van der Waals surface area contributed by atoms with Crippen molar-refractivity contribution in [3.63, 3.8) is 0 Å². The van der Waals surface area contributed by atoms with Crippen LogP contribution in [0.15, 0.2) is 20.9 Å². The Morgan fingerprint density at radius 2 is 2.00 bits per heavy atom. The van der Waals surface area contributed by atoms with E-state index in [-0.39, 0.29) is 64.5 Å². The van der Waals surface area contributed by atoms with Gasteiger partial charge in [-0.15, -0.1) is 8.93 Å². The third-order valence-corrected chi connectivity index (χ3v) is 9.16. The van der Waals surface area contributed by atoms with E-state index in [1.807, 2.05) is 6.92 Å². The van der Waals surface area contributed by atoms with Crippen LogP contribution in [0.2, 0.25) is 0 Å². The maximum atomic E-state index is 13.2. The molecule has 1 saturated heterocycles. The highest BCUT2D eigenvalue weighted by atomic mass is 32.4. The van der Waals surface area contributed by atoms with Gasteiger partial charge in [-0.25, -0.2) is 4.79 Å². The van der Waals surface area contributed by atoms with Gasteiger partial charge >= 0.3 is 5.69 Å². The molecule has 7 atom stereocenters. The molecule has 17 heteroatoms. The molecule has 0 bridgehead atoms. The molecule has 1 fully saturated rings. The topological polar surface area (TPSA) is 195 Å². The number of carbonyl (C=O) groups excluding carboxylic acids is 3. The molecule has 0 saturated carbocycles. The van der Waals surface area contributed by atoms with Crippen LogP contribution in [0.5, 0.6) is 0 Å². The molecule has 2 rings (SSSR count). The highest BCUT2D eigenvalue weighted by Crippen LogP contribution is 2.44. The number of carbonyl (C=O) groups is 3. The fraction of sp³-hybridized carbons (Fsp3) is 0.720. The number of unbranched alkanes of at least 4 members (excludes halogenated alkanes) is 2. The minimum Gasteiger partial charge on any atom is -0.390 e. The van der Waals surface area contributed by atoms with Gasteiger partial charge in [0.1, 0.15) is 18.1 Å². The first-order chi connectivity index (χ1) is 20.1. The van der Waals surface area contributed by atoms with Crippen LogP contribution in [0.3, 0.4) is 0 Å². The van der Waals surface area contributed by atoms with E-state index >= 15 is 0 Å². The Morgan fingerprint density at radius 3 is 2.69 bits per heavy atom. The van der Waals surface area contributed by atoms with Crippen LogP contribution in [-0.2, 0) is 18.8 Å². The molecule has 2 N–H and O–H groups in total. The molecule has 2 heterocycles. The predicted molar refractivity (Wildman–Crippen MR) is 165 cm³/mol. The molecule has 1 aliphatic heterocycles. The summed E-state index contributed by atoms with van der Waals surface area (Å²) in [5, 5.41) is 16.9. The van der Waals surface area contributed by atoms with E-state index in [9.17, 15) is 29.1 Å². The van der Waals surface area contributed by atoms with E-state index < -0.39 is 41.6 Å². The Labute approximate surface area is 249 Å². The molecular formula is C25H41N6O8P3. The second-order valence-electron chi connectivity index (χ2n) is 10.0. The van der Waals surface area contributed by atoms with Crippen LogP contribution < -0.4 is 16.6 Å². The lowest BCUT2D eigenvalue weighted by Gasteiger charge is -2.18. The summed E-state index contributed by atoms with van der Waals surface area (Å²) in [6, 6.07) is -0.690. The monoisotopic (exact) mass is 646 g/mol. The van der Waals surface area contributed by atoms with E-state index in [0.717, 1.165) is 23.8 Å². The summed E-state index contributed by atoms with van der Waals surface area (Å²) < 4.78 is 13.0. The Bertz CT molecular complexity index is 1240. The lowest BCUT2D eigenvalue weighted by molar-refractivity contribution is -0.121. The molecule has 0 aromatic carbocycles. The van der Waals surface area contributed by atoms with Crippen LogP contribution in [0.25, 0.3) is 10.4 Å². The van der Waals surface area contributed by atoms with Gasteiger partial charge < -0.3 is 19.7 Å². The predicted octanol–water partition coefficient (Wildman–Crippen LogP) is 3.50. The number of ketones is 1. The average molecular weight is 647 g/mol. The van der Waals surface area contributed by atoms with Crippen molar-refractivity contribution < 1.29 is 28.8 Å².